The van der Waals surface area contributed by atoms with E-state index in [0.717, 1.165) is 14.5 Å². The van der Waals surface area contributed by atoms with E-state index in [0.29, 0.717) is 17.0 Å². The van der Waals surface area contributed by atoms with E-state index < -0.39 is 0 Å². The molecule has 0 amide bonds. The first-order valence-corrected chi connectivity index (χ1v) is 7.58. The van der Waals surface area contributed by atoms with E-state index in [1.165, 1.54) is 6.07 Å². The van der Waals surface area contributed by atoms with E-state index in [4.69, 9.17) is 17.3 Å². The van der Waals surface area contributed by atoms with Gasteiger partial charge in [-0.1, -0.05) is 43.5 Å². The summed E-state index contributed by atoms with van der Waals surface area (Å²) in [7, 11) is 0. The van der Waals surface area contributed by atoms with Crippen LogP contribution in [0.3, 0.4) is 0 Å². The summed E-state index contributed by atoms with van der Waals surface area (Å²) in [5.41, 5.74) is 7.59. The molecule has 2 N–H and O–H groups in total. The summed E-state index contributed by atoms with van der Waals surface area (Å²) in [5.74, 6) is -0.253. The molecule has 0 bridgehead atoms. The molecule has 0 saturated carbocycles. The van der Waals surface area contributed by atoms with Gasteiger partial charge in [0.25, 0.3) is 0 Å². The van der Waals surface area contributed by atoms with Crippen LogP contribution in [-0.4, -0.2) is 0 Å². The van der Waals surface area contributed by atoms with Crippen molar-refractivity contribution < 1.29 is 4.39 Å². The molecule has 100 valence electrons. The summed E-state index contributed by atoms with van der Waals surface area (Å²) in [6.45, 7) is 0. The Balaban J connectivity index is 2.27. The number of hydrogen-bond acceptors (Lipinski definition) is 1. The monoisotopic (exact) mass is 405 g/mol. The molecular weight excluding hydrogens is 396 g/mol. The third-order valence-corrected chi connectivity index (χ3v) is 4.26. The van der Waals surface area contributed by atoms with Crippen LogP contribution in [0.4, 0.5) is 4.39 Å². The molecule has 1 atom stereocenters. The fraction of sp³-hybridized carbons (Fsp3) is 0.143. The Hall–Kier alpha value is -0.420. The van der Waals surface area contributed by atoms with Gasteiger partial charge in [0.15, 0.2) is 0 Å². The molecule has 0 saturated heterocycles. The highest BCUT2D eigenvalue weighted by atomic mass is 79.9. The van der Waals surface area contributed by atoms with Gasteiger partial charge in [-0.05, 0) is 53.9 Å². The Bertz CT molecular complexity index is 604. The molecule has 2 aromatic carbocycles. The molecular formula is C14H11Br2ClFN. The Morgan fingerprint density at radius 1 is 1.16 bits per heavy atom. The first-order valence-electron chi connectivity index (χ1n) is 5.62. The van der Waals surface area contributed by atoms with Crippen LogP contribution in [-0.2, 0) is 6.42 Å². The minimum absolute atomic E-state index is 0.253. The molecule has 1 unspecified atom stereocenters. The maximum atomic E-state index is 13.7. The van der Waals surface area contributed by atoms with Gasteiger partial charge in [0.05, 0.1) is 0 Å². The Kier molecular flexibility index (Phi) is 5.01. The van der Waals surface area contributed by atoms with Gasteiger partial charge >= 0.3 is 0 Å². The molecule has 2 aromatic rings. The lowest BCUT2D eigenvalue weighted by molar-refractivity contribution is 0.592. The number of nitrogens with two attached hydrogens (primary N) is 1. The van der Waals surface area contributed by atoms with Crippen molar-refractivity contribution in [2.45, 2.75) is 12.5 Å². The van der Waals surface area contributed by atoms with E-state index in [2.05, 4.69) is 31.9 Å². The van der Waals surface area contributed by atoms with Gasteiger partial charge in [-0.25, -0.2) is 4.39 Å². The zero-order valence-electron chi connectivity index (χ0n) is 9.84. The second-order valence-electron chi connectivity index (χ2n) is 4.21. The van der Waals surface area contributed by atoms with Crippen molar-refractivity contribution in [2.75, 3.05) is 0 Å². The van der Waals surface area contributed by atoms with Crippen LogP contribution in [0.25, 0.3) is 0 Å². The average Bonchev–Trinajstić information content (AvgIpc) is 2.36. The summed E-state index contributed by atoms with van der Waals surface area (Å²) in [6, 6.07) is 9.94. The summed E-state index contributed by atoms with van der Waals surface area (Å²) in [4.78, 5) is 0. The lowest BCUT2D eigenvalue weighted by Crippen LogP contribution is -2.14. The average molecular weight is 408 g/mol. The zero-order chi connectivity index (χ0) is 14.0. The molecule has 0 radical (unpaired) electrons. The SMILES string of the molecule is NC(Cc1cc(Br)ccc1F)c1cc(Cl)ccc1Br. The number of hydrogen-bond donors (Lipinski definition) is 1. The molecule has 0 aliphatic rings. The molecule has 0 aliphatic heterocycles. The van der Waals surface area contributed by atoms with Gasteiger partial charge in [-0.3, -0.25) is 0 Å². The third-order valence-electron chi connectivity index (χ3n) is 2.81. The molecule has 0 fully saturated rings. The van der Waals surface area contributed by atoms with Gasteiger partial charge in [-0.2, -0.15) is 0 Å². The number of halogens is 4. The molecule has 5 heteroatoms. The fourth-order valence-corrected chi connectivity index (χ4v) is 2.98. The van der Waals surface area contributed by atoms with Crippen LogP contribution in [0.1, 0.15) is 17.2 Å². The van der Waals surface area contributed by atoms with Crippen LogP contribution >= 0.6 is 43.5 Å². The Morgan fingerprint density at radius 2 is 1.89 bits per heavy atom. The van der Waals surface area contributed by atoms with E-state index in [-0.39, 0.29) is 11.9 Å². The number of benzene rings is 2. The predicted molar refractivity (Wildman–Crippen MR) is 83.9 cm³/mol. The van der Waals surface area contributed by atoms with Crippen molar-refractivity contribution in [1.29, 1.82) is 0 Å². The Morgan fingerprint density at radius 3 is 2.63 bits per heavy atom. The first kappa shape index (κ1) is 15.0. The van der Waals surface area contributed by atoms with Gasteiger partial charge in [0, 0.05) is 20.0 Å². The van der Waals surface area contributed by atoms with Gasteiger partial charge in [-0.15, -0.1) is 0 Å². The zero-order valence-corrected chi connectivity index (χ0v) is 13.8. The summed E-state index contributed by atoms with van der Waals surface area (Å²) >= 11 is 12.7. The quantitative estimate of drug-likeness (QED) is 0.739. The largest absolute Gasteiger partial charge is 0.324 e. The van der Waals surface area contributed by atoms with Gasteiger partial charge in [0.2, 0.25) is 0 Å². The van der Waals surface area contributed by atoms with Crippen LogP contribution in [0.15, 0.2) is 45.3 Å². The van der Waals surface area contributed by atoms with Gasteiger partial charge in [0.1, 0.15) is 5.82 Å². The van der Waals surface area contributed by atoms with E-state index >= 15 is 0 Å². The van der Waals surface area contributed by atoms with Gasteiger partial charge < -0.3 is 5.73 Å². The highest BCUT2D eigenvalue weighted by Gasteiger charge is 2.14. The highest BCUT2D eigenvalue weighted by Crippen LogP contribution is 2.28. The first-order chi connectivity index (χ1) is 8.97. The molecule has 0 spiro atoms. The van der Waals surface area contributed by atoms with Crippen LogP contribution in [0.2, 0.25) is 5.02 Å². The normalized spacial score (nSPS) is 12.5. The van der Waals surface area contributed by atoms with Crippen molar-refractivity contribution in [1.82, 2.24) is 0 Å². The van der Waals surface area contributed by atoms with Crippen molar-refractivity contribution in [2.24, 2.45) is 5.73 Å². The lowest BCUT2D eigenvalue weighted by Gasteiger charge is -2.15. The smallest absolute Gasteiger partial charge is 0.126 e. The van der Waals surface area contributed by atoms with Crippen LogP contribution in [0, 0.1) is 5.82 Å². The summed E-state index contributed by atoms with van der Waals surface area (Å²) < 4.78 is 15.4. The lowest BCUT2D eigenvalue weighted by atomic mass is 9.99. The molecule has 0 aliphatic carbocycles. The van der Waals surface area contributed by atoms with Crippen LogP contribution < -0.4 is 5.73 Å². The second-order valence-corrected chi connectivity index (χ2v) is 6.42. The van der Waals surface area contributed by atoms with Crippen LogP contribution in [0.5, 0.6) is 0 Å². The second kappa shape index (κ2) is 6.35. The van der Waals surface area contributed by atoms with Crippen molar-refractivity contribution >= 4 is 43.5 Å². The molecule has 2 rings (SSSR count). The Labute approximate surface area is 133 Å². The number of rotatable bonds is 3. The summed E-state index contributed by atoms with van der Waals surface area (Å²) in [6.07, 6.45) is 0.407. The minimum Gasteiger partial charge on any atom is -0.324 e. The molecule has 19 heavy (non-hydrogen) atoms. The highest BCUT2D eigenvalue weighted by molar-refractivity contribution is 9.10. The van der Waals surface area contributed by atoms with E-state index in [1.807, 2.05) is 6.07 Å². The predicted octanol–water partition coefficient (Wildman–Crippen LogP) is 5.25. The summed E-state index contributed by atoms with van der Waals surface area (Å²) in [5, 5.41) is 0.614. The molecule has 1 nitrogen and oxygen atoms in total. The maximum Gasteiger partial charge on any atom is 0.126 e. The van der Waals surface area contributed by atoms with E-state index in [1.54, 1.807) is 24.3 Å². The topological polar surface area (TPSA) is 26.0 Å². The fourth-order valence-electron chi connectivity index (χ4n) is 1.85. The van der Waals surface area contributed by atoms with Crippen molar-refractivity contribution in [3.63, 3.8) is 0 Å². The minimum atomic E-state index is -0.322. The van der Waals surface area contributed by atoms with Crippen molar-refractivity contribution in [3.05, 3.63) is 67.3 Å². The molecule has 0 heterocycles. The van der Waals surface area contributed by atoms with E-state index in [9.17, 15) is 4.39 Å². The standard InChI is InChI=1S/C14H11Br2ClFN/c15-9-1-4-13(18)8(5-9)6-14(19)11-7-10(17)2-3-12(11)16/h1-5,7,14H,6,19H2. The maximum absolute atomic E-state index is 13.7. The van der Waals surface area contributed by atoms with Crippen molar-refractivity contribution in [3.8, 4) is 0 Å². The third kappa shape index (κ3) is 3.78. The molecule has 0 aromatic heterocycles.